The summed E-state index contributed by atoms with van der Waals surface area (Å²) in [6, 6.07) is 18.5. The predicted octanol–water partition coefficient (Wildman–Crippen LogP) is 5.53. The summed E-state index contributed by atoms with van der Waals surface area (Å²) in [5.74, 6) is 0.841. The summed E-state index contributed by atoms with van der Waals surface area (Å²) in [5.41, 5.74) is 4.30. The average Bonchev–Trinajstić information content (AvgIpc) is 2.57. The number of para-hydroxylation sites is 1. The Kier molecular flexibility index (Phi) is 4.30. The Bertz CT molecular complexity index is 923. The van der Waals surface area contributed by atoms with Crippen LogP contribution in [0.2, 0.25) is 0 Å². The molecule has 3 rings (SSSR count). The van der Waals surface area contributed by atoms with Gasteiger partial charge in [-0.3, -0.25) is 0 Å². The molecular formula is C20H19NOS. The Balaban J connectivity index is 2.01. The number of hydrogen-bond acceptors (Lipinski definition) is 2. The molecule has 1 aromatic heterocycles. The number of aromatic nitrogens is 1. The van der Waals surface area contributed by atoms with Crippen LogP contribution < -0.4 is 4.74 Å². The maximum absolute atomic E-state index is 5.65. The van der Waals surface area contributed by atoms with E-state index < -0.39 is 0 Å². The van der Waals surface area contributed by atoms with Gasteiger partial charge in [-0.05, 0) is 47.7 Å². The minimum Gasteiger partial charge on any atom is -0.489 e. The molecule has 0 aliphatic heterocycles. The van der Waals surface area contributed by atoms with E-state index in [1.165, 1.54) is 5.39 Å². The molecule has 2 nitrogen and oxygen atoms in total. The first-order chi connectivity index (χ1) is 11.1. The maximum Gasteiger partial charge on any atom is 0.119 e. The van der Waals surface area contributed by atoms with Crippen LogP contribution in [0.15, 0.2) is 66.7 Å². The average molecular weight is 321 g/mol. The van der Waals surface area contributed by atoms with E-state index in [1.807, 2.05) is 50.4 Å². The van der Waals surface area contributed by atoms with Crippen LogP contribution in [0.3, 0.4) is 0 Å². The number of benzene rings is 2. The molecule has 0 aliphatic carbocycles. The normalized spacial score (nSPS) is 10.7. The molecule has 0 saturated carbocycles. The van der Waals surface area contributed by atoms with Gasteiger partial charge in [0, 0.05) is 18.1 Å². The van der Waals surface area contributed by atoms with E-state index in [0.717, 1.165) is 32.6 Å². The summed E-state index contributed by atoms with van der Waals surface area (Å²) in [5, 5.41) is 1.18. The van der Waals surface area contributed by atoms with Crippen molar-refractivity contribution in [3.63, 3.8) is 0 Å². The van der Waals surface area contributed by atoms with Crippen LogP contribution in [0.5, 0.6) is 5.75 Å². The number of ether oxygens (including phenoxy) is 1. The van der Waals surface area contributed by atoms with Crippen LogP contribution in [-0.4, -0.2) is 11.2 Å². The second-order valence-corrected chi connectivity index (χ2v) is 6.14. The minimum atomic E-state index is 0.538. The Morgan fingerprint density at radius 1 is 1.13 bits per heavy atom. The Labute approximate surface area is 141 Å². The second kappa shape index (κ2) is 6.39. The van der Waals surface area contributed by atoms with E-state index in [-0.39, 0.29) is 0 Å². The highest BCUT2D eigenvalue weighted by Gasteiger charge is 2.06. The first kappa shape index (κ1) is 15.5. The molecule has 23 heavy (non-hydrogen) atoms. The van der Waals surface area contributed by atoms with Crippen molar-refractivity contribution in [2.24, 2.45) is 7.05 Å². The number of fused-ring (bicyclic) bond motifs is 1. The fourth-order valence-corrected chi connectivity index (χ4v) is 2.84. The molecule has 0 saturated heterocycles. The number of hydrogen-bond donors (Lipinski definition) is 0. The van der Waals surface area contributed by atoms with Gasteiger partial charge in [0.1, 0.15) is 17.0 Å². The molecule has 0 aliphatic rings. The van der Waals surface area contributed by atoms with Crippen molar-refractivity contribution in [3.8, 4) is 16.9 Å². The monoisotopic (exact) mass is 321 g/mol. The SMILES string of the molecule is C=C(C)COc1ccc(-c2cc3ccccc3n(C)c2=S)cc1. The highest BCUT2D eigenvalue weighted by molar-refractivity contribution is 7.71. The van der Waals surface area contributed by atoms with Crippen LogP contribution in [0.4, 0.5) is 0 Å². The van der Waals surface area contributed by atoms with Crippen LogP contribution in [0.25, 0.3) is 22.0 Å². The largest absolute Gasteiger partial charge is 0.489 e. The van der Waals surface area contributed by atoms with Gasteiger partial charge in [0.25, 0.3) is 0 Å². The zero-order chi connectivity index (χ0) is 16.4. The zero-order valence-corrected chi connectivity index (χ0v) is 14.2. The van der Waals surface area contributed by atoms with E-state index in [4.69, 9.17) is 17.0 Å². The molecule has 3 heteroatoms. The second-order valence-electron chi connectivity index (χ2n) is 5.75. The lowest BCUT2D eigenvalue weighted by Gasteiger charge is -2.11. The summed E-state index contributed by atoms with van der Waals surface area (Å²) >= 11 is 5.64. The molecule has 0 bridgehead atoms. The van der Waals surface area contributed by atoms with Gasteiger partial charge in [0.15, 0.2) is 0 Å². The fourth-order valence-electron chi connectivity index (χ4n) is 2.57. The third-order valence-corrected chi connectivity index (χ3v) is 4.28. The van der Waals surface area contributed by atoms with Gasteiger partial charge in [-0.1, -0.05) is 49.1 Å². The van der Waals surface area contributed by atoms with E-state index in [0.29, 0.717) is 6.61 Å². The molecule has 3 aromatic rings. The van der Waals surface area contributed by atoms with Crippen molar-refractivity contribution in [3.05, 3.63) is 71.4 Å². The predicted molar refractivity (Wildman–Crippen MR) is 99.5 cm³/mol. The molecule has 0 radical (unpaired) electrons. The van der Waals surface area contributed by atoms with Crippen molar-refractivity contribution < 1.29 is 4.74 Å². The van der Waals surface area contributed by atoms with E-state index in [2.05, 4.69) is 29.3 Å². The lowest BCUT2D eigenvalue weighted by atomic mass is 10.0. The standard InChI is InChI=1S/C20H19NOS/c1-14(2)13-22-17-10-8-15(9-11-17)18-12-16-6-4-5-7-19(16)21(3)20(18)23/h4-12H,1,13H2,2-3H3. The lowest BCUT2D eigenvalue weighted by molar-refractivity contribution is 0.353. The van der Waals surface area contributed by atoms with Gasteiger partial charge in [-0.2, -0.15) is 0 Å². The van der Waals surface area contributed by atoms with E-state index >= 15 is 0 Å². The highest BCUT2D eigenvalue weighted by Crippen LogP contribution is 2.27. The molecule has 0 spiro atoms. The van der Waals surface area contributed by atoms with Gasteiger partial charge in [-0.25, -0.2) is 0 Å². The summed E-state index contributed by atoms with van der Waals surface area (Å²) < 4.78 is 8.55. The van der Waals surface area contributed by atoms with Crippen LogP contribution in [0, 0.1) is 4.64 Å². The Morgan fingerprint density at radius 3 is 2.52 bits per heavy atom. The topological polar surface area (TPSA) is 14.2 Å². The maximum atomic E-state index is 5.65. The van der Waals surface area contributed by atoms with Crippen molar-refractivity contribution in [1.29, 1.82) is 0 Å². The Hall–Kier alpha value is -2.39. The van der Waals surface area contributed by atoms with Gasteiger partial charge >= 0.3 is 0 Å². The third-order valence-electron chi connectivity index (χ3n) is 3.78. The van der Waals surface area contributed by atoms with Gasteiger partial charge in [-0.15, -0.1) is 0 Å². The molecule has 0 N–H and O–H groups in total. The molecule has 0 unspecified atom stereocenters. The number of nitrogens with zero attached hydrogens (tertiary/aromatic N) is 1. The molecule has 0 atom stereocenters. The van der Waals surface area contributed by atoms with Crippen molar-refractivity contribution >= 4 is 23.1 Å². The van der Waals surface area contributed by atoms with Crippen molar-refractivity contribution in [1.82, 2.24) is 4.57 Å². The first-order valence-corrected chi connectivity index (χ1v) is 7.93. The van der Waals surface area contributed by atoms with E-state index in [9.17, 15) is 0 Å². The van der Waals surface area contributed by atoms with Gasteiger partial charge in [0.05, 0.1) is 0 Å². The molecule has 2 aromatic carbocycles. The number of pyridine rings is 1. The quantitative estimate of drug-likeness (QED) is 0.463. The summed E-state index contributed by atoms with van der Waals surface area (Å²) in [4.78, 5) is 0. The van der Waals surface area contributed by atoms with Crippen molar-refractivity contribution in [2.45, 2.75) is 6.92 Å². The minimum absolute atomic E-state index is 0.538. The molecular weight excluding hydrogens is 302 g/mol. The first-order valence-electron chi connectivity index (χ1n) is 7.52. The van der Waals surface area contributed by atoms with Crippen LogP contribution in [0.1, 0.15) is 6.92 Å². The zero-order valence-electron chi connectivity index (χ0n) is 13.4. The smallest absolute Gasteiger partial charge is 0.119 e. The Morgan fingerprint density at radius 2 is 1.83 bits per heavy atom. The third kappa shape index (κ3) is 3.20. The lowest BCUT2D eigenvalue weighted by Crippen LogP contribution is -1.98. The van der Waals surface area contributed by atoms with Crippen LogP contribution >= 0.6 is 12.2 Å². The molecule has 1 heterocycles. The van der Waals surface area contributed by atoms with Gasteiger partial charge in [0.2, 0.25) is 0 Å². The van der Waals surface area contributed by atoms with Gasteiger partial charge < -0.3 is 9.30 Å². The number of aryl methyl sites for hydroxylation is 1. The fraction of sp³-hybridized carbons (Fsp3) is 0.150. The molecule has 0 fully saturated rings. The molecule has 116 valence electrons. The van der Waals surface area contributed by atoms with E-state index in [1.54, 1.807) is 0 Å². The van der Waals surface area contributed by atoms with Crippen molar-refractivity contribution in [2.75, 3.05) is 6.61 Å². The van der Waals surface area contributed by atoms with Crippen LogP contribution in [-0.2, 0) is 7.05 Å². The summed E-state index contributed by atoms with van der Waals surface area (Å²) in [7, 11) is 2.01. The highest BCUT2D eigenvalue weighted by atomic mass is 32.1. The molecule has 0 amide bonds. The summed E-state index contributed by atoms with van der Waals surface area (Å²) in [6.45, 7) is 6.33. The number of rotatable bonds is 4. The summed E-state index contributed by atoms with van der Waals surface area (Å²) in [6.07, 6.45) is 0.